The topological polar surface area (TPSA) is 59.1 Å². The summed E-state index contributed by atoms with van der Waals surface area (Å²) in [6, 6.07) is 3.00. The lowest BCUT2D eigenvalue weighted by Gasteiger charge is -2.04. The first kappa shape index (κ1) is 11.0. The van der Waals surface area contributed by atoms with Crippen molar-refractivity contribution in [3.05, 3.63) is 36.0 Å². The van der Waals surface area contributed by atoms with E-state index in [1.165, 1.54) is 18.3 Å². The fourth-order valence-corrected chi connectivity index (χ4v) is 1.80. The van der Waals surface area contributed by atoms with Crippen molar-refractivity contribution in [2.45, 2.75) is 0 Å². The van der Waals surface area contributed by atoms with E-state index in [0.717, 1.165) is 0 Å². The van der Waals surface area contributed by atoms with Crippen LogP contribution in [0.25, 0.3) is 0 Å². The molecule has 14 heavy (non-hydrogen) atoms. The highest BCUT2D eigenvalue weighted by Gasteiger charge is 2.08. The fourth-order valence-electron chi connectivity index (χ4n) is 0.817. The van der Waals surface area contributed by atoms with Gasteiger partial charge < -0.3 is 0 Å². The van der Waals surface area contributed by atoms with E-state index in [1.54, 1.807) is 6.07 Å². The standard InChI is InChI=1S/C8H9ClN2O2S/c1-2-5-14(12,13)11-8-6-7(9)3-4-10-8/h2-4,6H,1,5H2,(H,10,11). The minimum Gasteiger partial charge on any atom is -0.267 e. The molecular weight excluding hydrogens is 224 g/mol. The van der Waals surface area contributed by atoms with Crippen LogP contribution in [0.15, 0.2) is 31.0 Å². The van der Waals surface area contributed by atoms with Crippen LogP contribution < -0.4 is 4.72 Å². The van der Waals surface area contributed by atoms with Gasteiger partial charge in [-0.1, -0.05) is 17.7 Å². The molecule has 76 valence electrons. The SMILES string of the molecule is C=CCS(=O)(=O)Nc1cc(Cl)ccn1. The molecule has 0 unspecified atom stereocenters. The second-order valence-electron chi connectivity index (χ2n) is 2.53. The Balaban J connectivity index is 2.84. The summed E-state index contributed by atoms with van der Waals surface area (Å²) in [6.07, 6.45) is 2.72. The molecular formula is C8H9ClN2O2S. The first-order chi connectivity index (χ1) is 6.53. The summed E-state index contributed by atoms with van der Waals surface area (Å²) in [4.78, 5) is 3.80. The summed E-state index contributed by atoms with van der Waals surface area (Å²) in [6.45, 7) is 3.34. The second kappa shape index (κ2) is 4.43. The Morgan fingerprint density at radius 1 is 1.64 bits per heavy atom. The lowest BCUT2D eigenvalue weighted by molar-refractivity contribution is 0.604. The summed E-state index contributed by atoms with van der Waals surface area (Å²) < 4.78 is 24.8. The third kappa shape index (κ3) is 3.35. The van der Waals surface area contributed by atoms with Gasteiger partial charge >= 0.3 is 0 Å². The van der Waals surface area contributed by atoms with E-state index < -0.39 is 10.0 Å². The van der Waals surface area contributed by atoms with Gasteiger partial charge in [-0.05, 0) is 6.07 Å². The van der Waals surface area contributed by atoms with Gasteiger partial charge in [0, 0.05) is 17.3 Å². The monoisotopic (exact) mass is 232 g/mol. The maximum absolute atomic E-state index is 11.2. The van der Waals surface area contributed by atoms with Crippen molar-refractivity contribution in [3.63, 3.8) is 0 Å². The molecule has 1 aromatic rings. The van der Waals surface area contributed by atoms with E-state index in [-0.39, 0.29) is 11.6 Å². The predicted molar refractivity (Wildman–Crippen MR) is 56.9 cm³/mol. The van der Waals surface area contributed by atoms with Crippen LogP contribution >= 0.6 is 11.6 Å². The average Bonchev–Trinajstić information content (AvgIpc) is 2.02. The molecule has 0 fully saturated rings. The van der Waals surface area contributed by atoms with Crippen molar-refractivity contribution in [1.29, 1.82) is 0 Å². The van der Waals surface area contributed by atoms with Crippen molar-refractivity contribution >= 4 is 27.4 Å². The highest BCUT2D eigenvalue weighted by atomic mass is 35.5. The van der Waals surface area contributed by atoms with Crippen molar-refractivity contribution in [3.8, 4) is 0 Å². The van der Waals surface area contributed by atoms with Gasteiger partial charge in [-0.15, -0.1) is 6.58 Å². The third-order valence-corrected chi connectivity index (χ3v) is 2.75. The molecule has 0 amide bonds. The van der Waals surface area contributed by atoms with Gasteiger partial charge in [0.15, 0.2) is 0 Å². The Kier molecular flexibility index (Phi) is 3.49. The zero-order valence-corrected chi connectivity index (χ0v) is 8.85. The van der Waals surface area contributed by atoms with Gasteiger partial charge in [0.2, 0.25) is 10.0 Å². The smallest absolute Gasteiger partial charge is 0.237 e. The van der Waals surface area contributed by atoms with E-state index in [4.69, 9.17) is 11.6 Å². The molecule has 1 N–H and O–H groups in total. The summed E-state index contributed by atoms with van der Waals surface area (Å²) in [7, 11) is -3.39. The normalized spacial score (nSPS) is 10.9. The van der Waals surface area contributed by atoms with Crippen LogP contribution in [0.4, 0.5) is 5.82 Å². The summed E-state index contributed by atoms with van der Waals surface area (Å²) in [5.41, 5.74) is 0. The number of sulfonamides is 1. The number of anilines is 1. The van der Waals surface area contributed by atoms with Crippen molar-refractivity contribution < 1.29 is 8.42 Å². The van der Waals surface area contributed by atoms with Crippen LogP contribution in [0, 0.1) is 0 Å². The van der Waals surface area contributed by atoms with Gasteiger partial charge in [-0.2, -0.15) is 0 Å². The van der Waals surface area contributed by atoms with Crippen molar-refractivity contribution in [1.82, 2.24) is 4.98 Å². The molecule has 6 heteroatoms. The minimum absolute atomic E-state index is 0.152. The molecule has 1 aromatic heterocycles. The molecule has 0 aliphatic carbocycles. The quantitative estimate of drug-likeness (QED) is 0.804. The molecule has 0 radical (unpaired) electrons. The summed E-state index contributed by atoms with van der Waals surface area (Å²) >= 11 is 5.66. The Morgan fingerprint density at radius 2 is 2.36 bits per heavy atom. The zero-order chi connectivity index (χ0) is 10.6. The lowest BCUT2D eigenvalue weighted by atomic mass is 10.5. The Labute approximate surface area is 87.7 Å². The summed E-state index contributed by atoms with van der Waals surface area (Å²) in [5, 5.41) is 0.427. The van der Waals surface area contributed by atoms with E-state index in [2.05, 4.69) is 16.3 Å². The van der Waals surface area contributed by atoms with Crippen LogP contribution in [0.1, 0.15) is 0 Å². The number of halogens is 1. The maximum Gasteiger partial charge on any atom is 0.237 e. The molecule has 1 rings (SSSR count). The van der Waals surface area contributed by atoms with Crippen molar-refractivity contribution in [2.24, 2.45) is 0 Å². The van der Waals surface area contributed by atoms with E-state index in [1.807, 2.05) is 0 Å². The molecule has 0 aromatic carbocycles. The van der Waals surface area contributed by atoms with Crippen LogP contribution in [0.5, 0.6) is 0 Å². The number of pyridine rings is 1. The van der Waals surface area contributed by atoms with E-state index in [9.17, 15) is 8.42 Å². The number of aromatic nitrogens is 1. The predicted octanol–water partition coefficient (Wildman–Crippen LogP) is 1.66. The Bertz CT molecular complexity index is 431. The summed E-state index contributed by atoms with van der Waals surface area (Å²) in [5.74, 6) is 0.0561. The van der Waals surface area contributed by atoms with Crippen molar-refractivity contribution in [2.75, 3.05) is 10.5 Å². The number of hydrogen-bond acceptors (Lipinski definition) is 3. The fraction of sp³-hybridized carbons (Fsp3) is 0.125. The number of hydrogen-bond donors (Lipinski definition) is 1. The Hall–Kier alpha value is -1.07. The number of nitrogens with one attached hydrogen (secondary N) is 1. The molecule has 0 aliphatic rings. The molecule has 4 nitrogen and oxygen atoms in total. The average molecular weight is 233 g/mol. The van der Waals surface area contributed by atoms with E-state index in [0.29, 0.717) is 5.02 Å². The van der Waals surface area contributed by atoms with Gasteiger partial charge in [-0.3, -0.25) is 4.72 Å². The third-order valence-electron chi connectivity index (χ3n) is 1.32. The molecule has 0 aliphatic heterocycles. The van der Waals surface area contributed by atoms with Crippen LogP contribution in [-0.4, -0.2) is 19.2 Å². The van der Waals surface area contributed by atoms with Crippen LogP contribution in [-0.2, 0) is 10.0 Å². The number of nitrogens with zero attached hydrogens (tertiary/aromatic N) is 1. The molecule has 1 heterocycles. The van der Waals surface area contributed by atoms with Crippen LogP contribution in [0.3, 0.4) is 0 Å². The van der Waals surface area contributed by atoms with Crippen LogP contribution in [0.2, 0.25) is 5.02 Å². The largest absolute Gasteiger partial charge is 0.267 e. The molecule has 0 spiro atoms. The molecule has 0 saturated heterocycles. The first-order valence-corrected chi connectivity index (χ1v) is 5.79. The Morgan fingerprint density at radius 3 is 2.93 bits per heavy atom. The number of rotatable bonds is 4. The molecule has 0 saturated carbocycles. The van der Waals surface area contributed by atoms with Gasteiger partial charge in [0.1, 0.15) is 5.82 Å². The first-order valence-electron chi connectivity index (χ1n) is 3.76. The van der Waals surface area contributed by atoms with Gasteiger partial charge in [0.25, 0.3) is 0 Å². The van der Waals surface area contributed by atoms with E-state index >= 15 is 0 Å². The maximum atomic E-state index is 11.2. The lowest BCUT2D eigenvalue weighted by Crippen LogP contribution is -2.15. The highest BCUT2D eigenvalue weighted by molar-refractivity contribution is 7.92. The minimum atomic E-state index is -3.39. The molecule has 0 atom stereocenters. The highest BCUT2D eigenvalue weighted by Crippen LogP contribution is 2.12. The second-order valence-corrected chi connectivity index (χ2v) is 4.73. The van der Waals surface area contributed by atoms with Gasteiger partial charge in [0.05, 0.1) is 5.75 Å². The zero-order valence-electron chi connectivity index (χ0n) is 7.27. The molecule has 0 bridgehead atoms. The van der Waals surface area contributed by atoms with Gasteiger partial charge in [-0.25, -0.2) is 13.4 Å².